The number of hydrogen-bond acceptors (Lipinski definition) is 10. The zero-order valence-electron chi connectivity index (χ0n) is 11.0. The van der Waals surface area contributed by atoms with Crippen molar-refractivity contribution < 1.29 is 14.1 Å². The number of ether oxygens (including phenoxy) is 1. The van der Waals surface area contributed by atoms with Crippen LogP contribution in [0.4, 0.5) is 0 Å². The van der Waals surface area contributed by atoms with E-state index in [1.165, 1.54) is 29.9 Å². The van der Waals surface area contributed by atoms with E-state index >= 15 is 0 Å². The van der Waals surface area contributed by atoms with Crippen LogP contribution in [0.1, 0.15) is 5.69 Å². The molecular weight excluding hydrogens is 298 g/mol. The van der Waals surface area contributed by atoms with Gasteiger partial charge in [-0.05, 0) is 29.1 Å². The normalized spacial score (nSPS) is 11.0. The second-order valence-electron chi connectivity index (χ2n) is 3.92. The number of rotatable bonds is 4. The molecule has 21 heavy (non-hydrogen) atoms. The molecule has 0 aliphatic heterocycles. The number of esters is 1. The van der Waals surface area contributed by atoms with Crippen LogP contribution in [-0.4, -0.2) is 48.4 Å². The van der Waals surface area contributed by atoms with Crippen LogP contribution in [0.15, 0.2) is 21.0 Å². The van der Waals surface area contributed by atoms with Gasteiger partial charge in [-0.15, -0.1) is 5.10 Å². The van der Waals surface area contributed by atoms with Gasteiger partial charge in [0.15, 0.2) is 0 Å². The molecule has 0 amide bonds. The van der Waals surface area contributed by atoms with Gasteiger partial charge in [0.25, 0.3) is 5.71 Å². The molecule has 0 saturated heterocycles. The first-order chi connectivity index (χ1) is 10.2. The molecule has 3 aromatic rings. The molecule has 0 bridgehead atoms. The molecule has 108 valence electrons. The van der Waals surface area contributed by atoms with Gasteiger partial charge in [-0.1, -0.05) is 5.16 Å². The van der Waals surface area contributed by atoms with Gasteiger partial charge in [-0.3, -0.25) is 4.79 Å². The van der Waals surface area contributed by atoms with Crippen molar-refractivity contribution in [3.63, 3.8) is 0 Å². The van der Waals surface area contributed by atoms with Gasteiger partial charge in [0.05, 0.1) is 18.2 Å². The molecular formula is C10H9N7O3S. The van der Waals surface area contributed by atoms with E-state index in [-0.39, 0.29) is 6.54 Å². The molecule has 0 saturated carbocycles. The fourth-order valence-corrected chi connectivity index (χ4v) is 2.50. The van der Waals surface area contributed by atoms with Crippen LogP contribution < -0.4 is 0 Å². The van der Waals surface area contributed by atoms with E-state index in [0.29, 0.717) is 27.0 Å². The van der Waals surface area contributed by atoms with Crippen LogP contribution in [0.25, 0.3) is 11.1 Å². The Labute approximate surface area is 121 Å². The van der Waals surface area contributed by atoms with E-state index in [9.17, 15) is 4.79 Å². The first-order valence-corrected chi connectivity index (χ1v) is 6.58. The summed E-state index contributed by atoms with van der Waals surface area (Å²) in [6.07, 6.45) is 1.36. The lowest BCUT2D eigenvalue weighted by atomic mass is 10.3. The molecule has 11 heteroatoms. The number of nitrogens with zero attached hydrogens (tertiary/aromatic N) is 7. The Balaban J connectivity index is 1.94. The van der Waals surface area contributed by atoms with E-state index in [2.05, 4.69) is 35.4 Å². The van der Waals surface area contributed by atoms with Gasteiger partial charge in [0.1, 0.15) is 17.9 Å². The SMILES string of the molecule is COC(=O)Cn1nnnc1Sc1ncnc2onc(C)c12. The van der Waals surface area contributed by atoms with E-state index < -0.39 is 5.97 Å². The summed E-state index contributed by atoms with van der Waals surface area (Å²) in [5.74, 6) is -0.446. The fraction of sp³-hybridized carbons (Fsp3) is 0.300. The Hall–Kier alpha value is -2.56. The molecule has 0 spiro atoms. The summed E-state index contributed by atoms with van der Waals surface area (Å²) < 4.78 is 11.0. The molecule has 0 unspecified atom stereocenters. The Kier molecular flexibility index (Phi) is 3.48. The fourth-order valence-electron chi connectivity index (χ4n) is 1.61. The average molecular weight is 307 g/mol. The molecule has 3 aromatic heterocycles. The largest absolute Gasteiger partial charge is 0.468 e. The van der Waals surface area contributed by atoms with Crippen LogP contribution in [0.5, 0.6) is 0 Å². The molecule has 10 nitrogen and oxygen atoms in total. The highest BCUT2D eigenvalue weighted by atomic mass is 32.2. The summed E-state index contributed by atoms with van der Waals surface area (Å²) >= 11 is 1.19. The third kappa shape index (κ3) is 2.54. The van der Waals surface area contributed by atoms with Gasteiger partial charge >= 0.3 is 5.97 Å². The molecule has 0 aliphatic carbocycles. The summed E-state index contributed by atoms with van der Waals surface area (Å²) in [6.45, 7) is 1.71. The number of carbonyl (C=O) groups excluding carboxylic acids is 1. The van der Waals surface area contributed by atoms with Crippen molar-refractivity contribution >= 4 is 28.8 Å². The van der Waals surface area contributed by atoms with E-state index in [1.54, 1.807) is 6.92 Å². The minimum Gasteiger partial charge on any atom is -0.468 e. The molecule has 0 fully saturated rings. The van der Waals surface area contributed by atoms with Crippen LogP contribution >= 0.6 is 11.8 Å². The van der Waals surface area contributed by atoms with Gasteiger partial charge < -0.3 is 9.26 Å². The zero-order valence-corrected chi connectivity index (χ0v) is 11.9. The van der Waals surface area contributed by atoms with Crippen LogP contribution in [0.2, 0.25) is 0 Å². The number of aryl methyl sites for hydroxylation is 1. The first kappa shape index (κ1) is 13.4. The Morgan fingerprint density at radius 1 is 1.48 bits per heavy atom. The molecule has 3 rings (SSSR count). The third-order valence-corrected chi connectivity index (χ3v) is 3.58. The quantitative estimate of drug-likeness (QED) is 0.489. The molecule has 0 radical (unpaired) electrons. The molecule has 0 aromatic carbocycles. The van der Waals surface area contributed by atoms with E-state index in [4.69, 9.17) is 4.52 Å². The lowest BCUT2D eigenvalue weighted by Crippen LogP contribution is -2.13. The lowest BCUT2D eigenvalue weighted by molar-refractivity contribution is -0.141. The molecule has 0 N–H and O–H groups in total. The summed E-state index contributed by atoms with van der Waals surface area (Å²) in [7, 11) is 1.30. The summed E-state index contributed by atoms with van der Waals surface area (Å²) in [4.78, 5) is 19.5. The third-order valence-electron chi connectivity index (χ3n) is 2.60. The maximum absolute atomic E-state index is 11.3. The van der Waals surface area contributed by atoms with Gasteiger partial charge in [-0.25, -0.2) is 9.67 Å². The Morgan fingerprint density at radius 2 is 2.33 bits per heavy atom. The lowest BCUT2D eigenvalue weighted by Gasteiger charge is -2.02. The van der Waals surface area contributed by atoms with E-state index in [1.807, 2.05) is 0 Å². The number of tetrazole rings is 1. The maximum Gasteiger partial charge on any atom is 0.327 e. The van der Waals surface area contributed by atoms with Crippen molar-refractivity contribution in [3.8, 4) is 0 Å². The van der Waals surface area contributed by atoms with Crippen molar-refractivity contribution in [2.75, 3.05) is 7.11 Å². The molecule has 0 aliphatic rings. The van der Waals surface area contributed by atoms with Gasteiger partial charge in [0.2, 0.25) is 5.16 Å². The van der Waals surface area contributed by atoms with Crippen molar-refractivity contribution in [2.24, 2.45) is 0 Å². The summed E-state index contributed by atoms with van der Waals surface area (Å²) in [6, 6.07) is 0. The highest BCUT2D eigenvalue weighted by Crippen LogP contribution is 2.30. The van der Waals surface area contributed by atoms with Gasteiger partial charge in [0, 0.05) is 0 Å². The predicted octanol–water partition coefficient (Wildman–Crippen LogP) is 0.237. The van der Waals surface area contributed by atoms with Crippen molar-refractivity contribution in [1.82, 2.24) is 35.3 Å². The second-order valence-corrected chi connectivity index (χ2v) is 4.88. The smallest absolute Gasteiger partial charge is 0.327 e. The Bertz CT molecular complexity index is 799. The summed E-state index contributed by atoms with van der Waals surface area (Å²) in [5.41, 5.74) is 1.05. The van der Waals surface area contributed by atoms with Crippen LogP contribution in [0.3, 0.4) is 0 Å². The van der Waals surface area contributed by atoms with Crippen molar-refractivity contribution in [2.45, 2.75) is 23.7 Å². The summed E-state index contributed by atoms with van der Waals surface area (Å²) in [5, 5.41) is 16.7. The highest BCUT2D eigenvalue weighted by Gasteiger charge is 2.17. The monoisotopic (exact) mass is 307 g/mol. The predicted molar refractivity (Wildman–Crippen MR) is 68.3 cm³/mol. The average Bonchev–Trinajstić information content (AvgIpc) is 3.07. The molecule has 0 atom stereocenters. The second kappa shape index (κ2) is 5.44. The molecule has 3 heterocycles. The van der Waals surface area contributed by atoms with Crippen molar-refractivity contribution in [3.05, 3.63) is 12.0 Å². The Morgan fingerprint density at radius 3 is 3.14 bits per heavy atom. The standard InChI is InChI=1S/C10H9N7O3S/c1-5-7-8(20-14-5)11-4-12-9(7)21-10-13-15-16-17(10)3-6(18)19-2/h4H,3H2,1-2H3. The number of hydrogen-bond donors (Lipinski definition) is 0. The van der Waals surface area contributed by atoms with E-state index in [0.717, 1.165) is 0 Å². The zero-order chi connectivity index (χ0) is 14.8. The van der Waals surface area contributed by atoms with Crippen LogP contribution in [-0.2, 0) is 16.1 Å². The minimum atomic E-state index is -0.446. The maximum atomic E-state index is 11.3. The topological polar surface area (TPSA) is 122 Å². The number of methoxy groups -OCH3 is 1. The number of fused-ring (bicyclic) bond motifs is 1. The van der Waals surface area contributed by atoms with Crippen LogP contribution in [0, 0.1) is 6.92 Å². The first-order valence-electron chi connectivity index (χ1n) is 5.77. The minimum absolute atomic E-state index is 0.0807. The number of carbonyl (C=O) groups is 1. The highest BCUT2D eigenvalue weighted by molar-refractivity contribution is 7.99. The van der Waals surface area contributed by atoms with Gasteiger partial charge in [-0.2, -0.15) is 4.98 Å². The number of aromatic nitrogens is 7. The van der Waals surface area contributed by atoms with Crippen molar-refractivity contribution in [1.29, 1.82) is 0 Å².